The molecule has 1 aliphatic heterocycles. The van der Waals surface area contributed by atoms with Gasteiger partial charge in [-0.05, 0) is 35.7 Å². The van der Waals surface area contributed by atoms with Crippen molar-refractivity contribution in [3.8, 4) is 5.75 Å². The zero-order chi connectivity index (χ0) is 14.9. The van der Waals surface area contributed by atoms with E-state index in [1.165, 1.54) is 0 Å². The van der Waals surface area contributed by atoms with Crippen LogP contribution in [0.3, 0.4) is 0 Å². The minimum atomic E-state index is -3.36. The molecule has 0 fully saturated rings. The van der Waals surface area contributed by atoms with E-state index >= 15 is 0 Å². The van der Waals surface area contributed by atoms with Gasteiger partial charge in [0.15, 0.2) is 9.84 Å². The Morgan fingerprint density at radius 2 is 1.95 bits per heavy atom. The first-order chi connectivity index (χ1) is 10.1. The van der Waals surface area contributed by atoms with Gasteiger partial charge in [-0.25, -0.2) is 8.42 Å². The Morgan fingerprint density at radius 3 is 2.76 bits per heavy atom. The fraction of sp³-hybridized carbons (Fsp3) is 0.250. The molecule has 0 unspecified atom stereocenters. The second kappa shape index (κ2) is 5.41. The van der Waals surface area contributed by atoms with E-state index in [2.05, 4.69) is 0 Å². The molecule has 2 aromatic rings. The lowest BCUT2D eigenvalue weighted by molar-refractivity contribution is 0.357. The predicted molar refractivity (Wildman–Crippen MR) is 82.3 cm³/mol. The Kier molecular flexibility index (Phi) is 3.59. The Hall–Kier alpha value is -2.01. The van der Waals surface area contributed by atoms with Crippen molar-refractivity contribution in [1.82, 2.24) is 0 Å². The first-order valence-electron chi connectivity index (χ1n) is 6.88. The Bertz CT molecular complexity index is 769. The third kappa shape index (κ3) is 2.88. The zero-order valence-corrected chi connectivity index (χ0v) is 12.4. The molecular formula is C16H17NO3S. The number of anilines is 1. The van der Waals surface area contributed by atoms with Gasteiger partial charge in [0.25, 0.3) is 0 Å². The molecule has 21 heavy (non-hydrogen) atoms. The Balaban J connectivity index is 1.77. The first-order valence-corrected chi connectivity index (χ1v) is 8.53. The summed E-state index contributed by atoms with van der Waals surface area (Å²) in [4.78, 5) is 0.217. The number of benzene rings is 2. The molecule has 2 aromatic carbocycles. The summed E-state index contributed by atoms with van der Waals surface area (Å²) < 4.78 is 30.2. The third-order valence-electron chi connectivity index (χ3n) is 3.67. The quantitative estimate of drug-likeness (QED) is 0.879. The average molecular weight is 303 g/mol. The molecule has 0 saturated heterocycles. The summed E-state index contributed by atoms with van der Waals surface area (Å²) in [5.41, 5.74) is 8.23. The molecule has 0 saturated carbocycles. The topological polar surface area (TPSA) is 69.4 Å². The number of hydrogen-bond donors (Lipinski definition) is 1. The number of para-hydroxylation sites is 1. The molecule has 0 atom stereocenters. The van der Waals surface area contributed by atoms with Crippen LogP contribution >= 0.6 is 0 Å². The summed E-state index contributed by atoms with van der Waals surface area (Å²) in [7, 11) is -3.36. The smallest absolute Gasteiger partial charge is 0.180 e. The highest BCUT2D eigenvalue weighted by Crippen LogP contribution is 2.26. The third-order valence-corrected chi connectivity index (χ3v) is 5.45. The average Bonchev–Trinajstić information content (AvgIpc) is 2.93. The van der Waals surface area contributed by atoms with Gasteiger partial charge in [-0.15, -0.1) is 0 Å². The molecule has 3 rings (SSSR count). The van der Waals surface area contributed by atoms with E-state index in [1.54, 1.807) is 24.3 Å². The lowest BCUT2D eigenvalue weighted by atomic mass is 10.1. The van der Waals surface area contributed by atoms with Crippen LogP contribution in [0, 0.1) is 0 Å². The molecule has 0 radical (unpaired) electrons. The van der Waals surface area contributed by atoms with Crippen LogP contribution in [0.4, 0.5) is 5.69 Å². The van der Waals surface area contributed by atoms with E-state index < -0.39 is 9.84 Å². The second-order valence-corrected chi connectivity index (χ2v) is 7.22. The fourth-order valence-electron chi connectivity index (χ4n) is 2.52. The molecule has 1 heterocycles. The van der Waals surface area contributed by atoms with Crippen molar-refractivity contribution in [1.29, 1.82) is 0 Å². The van der Waals surface area contributed by atoms with Crippen LogP contribution in [0.15, 0.2) is 47.4 Å². The van der Waals surface area contributed by atoms with Crippen LogP contribution < -0.4 is 10.5 Å². The van der Waals surface area contributed by atoms with E-state index in [-0.39, 0.29) is 10.6 Å². The van der Waals surface area contributed by atoms with Gasteiger partial charge in [-0.2, -0.15) is 0 Å². The van der Waals surface area contributed by atoms with Crippen LogP contribution in [0.1, 0.15) is 11.1 Å². The maximum Gasteiger partial charge on any atom is 0.180 e. The highest BCUT2D eigenvalue weighted by Gasteiger charge is 2.18. The normalized spacial score (nSPS) is 13.7. The zero-order valence-electron chi connectivity index (χ0n) is 11.6. The van der Waals surface area contributed by atoms with Crippen molar-refractivity contribution in [3.05, 3.63) is 53.6 Å². The molecule has 0 amide bonds. The number of fused-ring (bicyclic) bond motifs is 1. The highest BCUT2D eigenvalue weighted by molar-refractivity contribution is 7.91. The Morgan fingerprint density at radius 1 is 1.14 bits per heavy atom. The number of aryl methyl sites for hydroxylation is 1. The summed E-state index contributed by atoms with van der Waals surface area (Å²) in [6, 6.07) is 12.5. The molecule has 0 bridgehead atoms. The molecule has 0 spiro atoms. The Labute approximate surface area is 124 Å². The lowest BCUT2D eigenvalue weighted by Gasteiger charge is -2.08. The van der Waals surface area contributed by atoms with Crippen molar-refractivity contribution in [2.45, 2.75) is 17.7 Å². The number of nitrogens with two attached hydrogens (primary N) is 1. The van der Waals surface area contributed by atoms with Crippen LogP contribution in [-0.4, -0.2) is 20.8 Å². The van der Waals surface area contributed by atoms with E-state index in [4.69, 9.17) is 10.5 Å². The predicted octanol–water partition coefficient (Wildman–Crippen LogP) is 2.22. The van der Waals surface area contributed by atoms with E-state index in [0.717, 1.165) is 23.3 Å². The first kappa shape index (κ1) is 13.9. The molecule has 0 aliphatic carbocycles. The lowest BCUT2D eigenvalue weighted by Crippen LogP contribution is -2.11. The number of hydrogen-bond acceptors (Lipinski definition) is 4. The number of sulfone groups is 1. The van der Waals surface area contributed by atoms with Crippen LogP contribution in [0.5, 0.6) is 5.75 Å². The van der Waals surface area contributed by atoms with Crippen LogP contribution in [-0.2, 0) is 22.7 Å². The second-order valence-electron chi connectivity index (χ2n) is 5.15. The highest BCUT2D eigenvalue weighted by atomic mass is 32.2. The molecule has 4 nitrogen and oxygen atoms in total. The van der Waals surface area contributed by atoms with Gasteiger partial charge in [0.05, 0.1) is 22.9 Å². The van der Waals surface area contributed by atoms with Crippen molar-refractivity contribution in [2.24, 2.45) is 0 Å². The molecule has 0 aromatic heterocycles. The van der Waals surface area contributed by atoms with Gasteiger partial charge in [0, 0.05) is 6.42 Å². The minimum Gasteiger partial charge on any atom is -0.493 e. The SMILES string of the molecule is Nc1ccccc1S(=O)(=O)CCc1ccc2c(c1)CCO2. The van der Waals surface area contributed by atoms with Crippen LogP contribution in [0.25, 0.3) is 0 Å². The molecular weight excluding hydrogens is 286 g/mol. The summed E-state index contributed by atoms with van der Waals surface area (Å²) >= 11 is 0. The van der Waals surface area contributed by atoms with E-state index in [1.807, 2.05) is 18.2 Å². The number of ether oxygens (including phenoxy) is 1. The van der Waals surface area contributed by atoms with Gasteiger partial charge in [-0.3, -0.25) is 0 Å². The summed E-state index contributed by atoms with van der Waals surface area (Å²) in [6.45, 7) is 0.706. The maximum atomic E-state index is 12.4. The van der Waals surface area contributed by atoms with E-state index in [9.17, 15) is 8.42 Å². The molecule has 1 aliphatic rings. The van der Waals surface area contributed by atoms with Gasteiger partial charge < -0.3 is 10.5 Å². The summed E-state index contributed by atoms with van der Waals surface area (Å²) in [5, 5.41) is 0. The molecule has 110 valence electrons. The fourth-order valence-corrected chi connectivity index (χ4v) is 3.96. The molecule has 5 heteroatoms. The van der Waals surface area contributed by atoms with Crippen molar-refractivity contribution >= 4 is 15.5 Å². The van der Waals surface area contributed by atoms with Crippen molar-refractivity contribution in [3.63, 3.8) is 0 Å². The van der Waals surface area contributed by atoms with Crippen molar-refractivity contribution < 1.29 is 13.2 Å². The minimum absolute atomic E-state index is 0.0564. The van der Waals surface area contributed by atoms with Crippen LogP contribution in [0.2, 0.25) is 0 Å². The maximum absolute atomic E-state index is 12.4. The van der Waals surface area contributed by atoms with Gasteiger partial charge in [0.1, 0.15) is 5.75 Å². The van der Waals surface area contributed by atoms with Gasteiger partial charge in [-0.1, -0.05) is 24.3 Å². The summed E-state index contributed by atoms with van der Waals surface area (Å²) in [6.07, 6.45) is 1.37. The largest absolute Gasteiger partial charge is 0.493 e. The van der Waals surface area contributed by atoms with Gasteiger partial charge >= 0.3 is 0 Å². The standard InChI is InChI=1S/C16H17NO3S/c17-14-3-1-2-4-16(14)21(18,19)10-8-12-5-6-15-13(11-12)7-9-20-15/h1-6,11H,7-10,17H2. The monoisotopic (exact) mass is 303 g/mol. The van der Waals surface area contributed by atoms with Gasteiger partial charge in [0.2, 0.25) is 0 Å². The summed E-state index contributed by atoms with van der Waals surface area (Å²) in [5.74, 6) is 0.967. The van der Waals surface area contributed by atoms with E-state index in [0.29, 0.717) is 18.7 Å². The van der Waals surface area contributed by atoms with Crippen molar-refractivity contribution in [2.75, 3.05) is 18.1 Å². The molecule has 2 N–H and O–H groups in total. The number of rotatable bonds is 4. The number of nitrogen functional groups attached to an aromatic ring is 1.